The van der Waals surface area contributed by atoms with Crippen LogP contribution in [0.4, 0.5) is 4.39 Å². The number of likely N-dealkylation sites (tertiary alicyclic amines) is 1. The van der Waals surface area contributed by atoms with E-state index in [4.69, 9.17) is 4.74 Å². The lowest BCUT2D eigenvalue weighted by Gasteiger charge is -2.37. The van der Waals surface area contributed by atoms with E-state index in [9.17, 15) is 19.1 Å². The van der Waals surface area contributed by atoms with Gasteiger partial charge < -0.3 is 14.7 Å². The van der Waals surface area contributed by atoms with Crippen molar-refractivity contribution in [1.29, 1.82) is 0 Å². The molecule has 1 aliphatic heterocycles. The minimum absolute atomic E-state index is 0.00156. The molecule has 0 radical (unpaired) electrons. The number of allylic oxidation sites excluding steroid dienone is 2. The summed E-state index contributed by atoms with van der Waals surface area (Å²) < 4.78 is 18.9. The van der Waals surface area contributed by atoms with Crippen molar-refractivity contribution in [2.45, 2.75) is 31.6 Å². The molecular formula is C19H22FNO4. The largest absolute Gasteiger partial charge is 0.494 e. The molecule has 1 heterocycles. The van der Waals surface area contributed by atoms with Gasteiger partial charge in [-0.15, -0.1) is 0 Å². The fourth-order valence-electron chi connectivity index (χ4n) is 3.77. The van der Waals surface area contributed by atoms with Crippen LogP contribution in [-0.4, -0.2) is 42.1 Å². The lowest BCUT2D eigenvalue weighted by molar-refractivity contribution is -0.160. The van der Waals surface area contributed by atoms with Gasteiger partial charge in [0.2, 0.25) is 5.91 Å². The van der Waals surface area contributed by atoms with Gasteiger partial charge in [-0.25, -0.2) is 4.39 Å². The summed E-state index contributed by atoms with van der Waals surface area (Å²) >= 11 is 0. The molecule has 6 heteroatoms. The average Bonchev–Trinajstić information content (AvgIpc) is 3.12. The summed E-state index contributed by atoms with van der Waals surface area (Å²) in [7, 11) is 1.42. The molecule has 0 saturated carbocycles. The number of carboxylic acid groups (broad SMARTS) is 1. The van der Waals surface area contributed by atoms with Gasteiger partial charge in [-0.05, 0) is 43.4 Å². The van der Waals surface area contributed by atoms with Gasteiger partial charge in [0.15, 0.2) is 17.0 Å². The number of benzene rings is 1. The van der Waals surface area contributed by atoms with Gasteiger partial charge in [0.25, 0.3) is 0 Å². The number of halogens is 1. The normalized spacial score (nSPS) is 22.0. The van der Waals surface area contributed by atoms with E-state index in [2.05, 4.69) is 0 Å². The van der Waals surface area contributed by atoms with E-state index >= 15 is 0 Å². The van der Waals surface area contributed by atoms with Gasteiger partial charge in [0, 0.05) is 19.0 Å². The molecule has 3 rings (SSSR count). The third-order valence-electron chi connectivity index (χ3n) is 5.27. The lowest BCUT2D eigenvalue weighted by atomic mass is 9.82. The number of hydrogen-bond donors (Lipinski definition) is 1. The van der Waals surface area contributed by atoms with Gasteiger partial charge in [0.1, 0.15) is 0 Å². The highest BCUT2D eigenvalue weighted by molar-refractivity contribution is 6.02. The zero-order valence-corrected chi connectivity index (χ0v) is 14.2. The molecular weight excluding hydrogens is 325 g/mol. The van der Waals surface area contributed by atoms with Crippen molar-refractivity contribution in [2.75, 3.05) is 20.2 Å². The maximum Gasteiger partial charge on any atom is 0.319 e. The number of amides is 1. The maximum absolute atomic E-state index is 14.0. The van der Waals surface area contributed by atoms with E-state index in [0.717, 1.165) is 18.4 Å². The van der Waals surface area contributed by atoms with Crippen LogP contribution in [0.15, 0.2) is 30.4 Å². The van der Waals surface area contributed by atoms with Crippen molar-refractivity contribution < 1.29 is 23.8 Å². The van der Waals surface area contributed by atoms with Crippen LogP contribution in [0.5, 0.6) is 5.75 Å². The monoisotopic (exact) mass is 347 g/mol. The van der Waals surface area contributed by atoms with E-state index < -0.39 is 17.2 Å². The Hall–Kier alpha value is -2.37. The predicted octanol–water partition coefficient (Wildman–Crippen LogP) is 2.96. The third-order valence-corrected chi connectivity index (χ3v) is 5.27. The number of hydrogen-bond acceptors (Lipinski definition) is 3. The summed E-state index contributed by atoms with van der Waals surface area (Å²) in [6, 6.07) is 4.84. The van der Waals surface area contributed by atoms with Gasteiger partial charge in [-0.1, -0.05) is 18.2 Å². The zero-order chi connectivity index (χ0) is 18.0. The van der Waals surface area contributed by atoms with Crippen LogP contribution in [0, 0.1) is 11.2 Å². The molecule has 1 unspecified atom stereocenters. The molecule has 25 heavy (non-hydrogen) atoms. The first kappa shape index (κ1) is 17.5. The number of nitrogens with zero attached hydrogens (tertiary/aromatic N) is 1. The Bertz CT molecular complexity index is 707. The lowest BCUT2D eigenvalue weighted by Crippen LogP contribution is -2.50. The number of aliphatic carboxylic acids is 1. The summed E-state index contributed by atoms with van der Waals surface area (Å²) in [4.78, 5) is 26.3. The Labute approximate surface area is 146 Å². The quantitative estimate of drug-likeness (QED) is 0.672. The topological polar surface area (TPSA) is 66.8 Å². The first-order valence-corrected chi connectivity index (χ1v) is 8.49. The predicted molar refractivity (Wildman–Crippen MR) is 89.9 cm³/mol. The first-order chi connectivity index (χ1) is 12.0. The minimum atomic E-state index is -1.37. The Morgan fingerprint density at radius 2 is 2.04 bits per heavy atom. The van der Waals surface area contributed by atoms with E-state index in [0.29, 0.717) is 13.1 Å². The standard InChI is InChI=1S/C19H22FNO4/c1-25-16-7-6-13(11-15(16)20)14-5-4-10-21(12-14)17(22)19(18(23)24)8-2-3-9-19/h2-3,6-7,11,14H,4-5,8-10,12H2,1H3,(H,23,24). The van der Waals surface area contributed by atoms with Crippen LogP contribution in [0.1, 0.15) is 37.2 Å². The molecule has 0 spiro atoms. The second-order valence-corrected chi connectivity index (χ2v) is 6.75. The molecule has 1 amide bonds. The van der Waals surface area contributed by atoms with Crippen molar-refractivity contribution in [1.82, 2.24) is 4.90 Å². The molecule has 1 atom stereocenters. The zero-order valence-electron chi connectivity index (χ0n) is 14.2. The SMILES string of the molecule is COc1ccc(C2CCCN(C(=O)C3(C(=O)O)CC=CC3)C2)cc1F. The molecule has 1 fully saturated rings. The van der Waals surface area contributed by atoms with Gasteiger partial charge in [-0.2, -0.15) is 0 Å². The van der Waals surface area contributed by atoms with E-state index in [1.54, 1.807) is 23.1 Å². The maximum atomic E-state index is 14.0. The number of piperidine rings is 1. The Kier molecular flexibility index (Phi) is 4.79. The van der Waals surface area contributed by atoms with Crippen molar-refractivity contribution in [3.05, 3.63) is 41.7 Å². The Balaban J connectivity index is 1.78. The molecule has 1 saturated heterocycles. The number of rotatable bonds is 4. The highest BCUT2D eigenvalue weighted by Gasteiger charge is 2.49. The molecule has 2 aliphatic rings. The molecule has 1 aromatic rings. The number of carbonyl (C=O) groups excluding carboxylic acids is 1. The molecule has 0 bridgehead atoms. The van der Waals surface area contributed by atoms with Crippen molar-refractivity contribution in [3.8, 4) is 5.75 Å². The van der Waals surface area contributed by atoms with Crippen molar-refractivity contribution in [2.24, 2.45) is 5.41 Å². The number of methoxy groups -OCH3 is 1. The van der Waals surface area contributed by atoms with Gasteiger partial charge in [0.05, 0.1) is 7.11 Å². The summed E-state index contributed by atoms with van der Waals surface area (Å²) in [6.07, 6.45) is 5.60. The molecule has 1 N–H and O–H groups in total. The summed E-state index contributed by atoms with van der Waals surface area (Å²) in [6.45, 7) is 0.961. The molecule has 0 aromatic heterocycles. The van der Waals surface area contributed by atoms with Crippen LogP contribution in [-0.2, 0) is 9.59 Å². The molecule has 134 valence electrons. The fourth-order valence-corrected chi connectivity index (χ4v) is 3.77. The van der Waals surface area contributed by atoms with Crippen LogP contribution < -0.4 is 4.74 Å². The van der Waals surface area contributed by atoms with Gasteiger partial charge >= 0.3 is 5.97 Å². The fraction of sp³-hybridized carbons (Fsp3) is 0.474. The van der Waals surface area contributed by atoms with Crippen molar-refractivity contribution >= 4 is 11.9 Å². The number of carboxylic acids is 1. The highest BCUT2D eigenvalue weighted by atomic mass is 19.1. The Morgan fingerprint density at radius 1 is 1.32 bits per heavy atom. The van der Waals surface area contributed by atoms with Crippen molar-refractivity contribution in [3.63, 3.8) is 0 Å². The van der Waals surface area contributed by atoms with Crippen LogP contribution >= 0.6 is 0 Å². The second kappa shape index (κ2) is 6.86. The molecule has 1 aromatic carbocycles. The third kappa shape index (κ3) is 3.13. The van der Waals surface area contributed by atoms with Crippen LogP contribution in [0.3, 0.4) is 0 Å². The minimum Gasteiger partial charge on any atom is -0.494 e. The Morgan fingerprint density at radius 3 is 2.64 bits per heavy atom. The first-order valence-electron chi connectivity index (χ1n) is 8.49. The second-order valence-electron chi connectivity index (χ2n) is 6.75. The summed E-state index contributed by atoms with van der Waals surface area (Å²) in [5.41, 5.74) is -0.558. The highest BCUT2D eigenvalue weighted by Crippen LogP contribution is 2.38. The van der Waals surface area contributed by atoms with Crippen LogP contribution in [0.25, 0.3) is 0 Å². The number of ether oxygens (including phenoxy) is 1. The van der Waals surface area contributed by atoms with Crippen LogP contribution in [0.2, 0.25) is 0 Å². The van der Waals surface area contributed by atoms with Gasteiger partial charge in [-0.3, -0.25) is 9.59 Å². The number of carbonyl (C=O) groups is 2. The molecule has 1 aliphatic carbocycles. The summed E-state index contributed by atoms with van der Waals surface area (Å²) in [5, 5.41) is 9.59. The van der Waals surface area contributed by atoms with E-state index in [1.807, 2.05) is 6.07 Å². The summed E-state index contributed by atoms with van der Waals surface area (Å²) in [5.74, 6) is -1.64. The average molecular weight is 347 g/mol. The molecule has 5 nitrogen and oxygen atoms in total. The smallest absolute Gasteiger partial charge is 0.319 e. The van der Waals surface area contributed by atoms with E-state index in [1.165, 1.54) is 13.2 Å². The van der Waals surface area contributed by atoms with E-state index in [-0.39, 0.29) is 30.4 Å².